The molecule has 1 aliphatic heterocycles. The molecule has 0 amide bonds. The summed E-state index contributed by atoms with van der Waals surface area (Å²) >= 11 is 0. The molecule has 1 aromatic heterocycles. The zero-order valence-electron chi connectivity index (χ0n) is 21.4. The first kappa shape index (κ1) is 21.0. The highest BCUT2D eigenvalue weighted by molar-refractivity contribution is 6.10. The van der Waals surface area contributed by atoms with Gasteiger partial charge in [0.15, 0.2) is 0 Å². The molecule has 0 atom stereocenters. The predicted octanol–water partition coefficient (Wildman–Crippen LogP) is 7.65. The van der Waals surface area contributed by atoms with Crippen LogP contribution < -0.4 is 10.6 Å². The first-order valence-electron chi connectivity index (χ1n) is 13.7. The molecule has 0 radical (unpaired) electrons. The van der Waals surface area contributed by atoms with Gasteiger partial charge in [-0.1, -0.05) is 72.8 Å². The Balaban J connectivity index is 1.26. The highest BCUT2D eigenvalue weighted by Crippen LogP contribution is 2.44. The van der Waals surface area contributed by atoms with Crippen molar-refractivity contribution in [2.75, 3.05) is 0 Å². The molecule has 2 nitrogen and oxygen atoms in total. The van der Waals surface area contributed by atoms with E-state index in [2.05, 4.69) is 126 Å². The lowest BCUT2D eigenvalue weighted by molar-refractivity contribution is 1.16. The Hall–Kier alpha value is -4.95. The highest BCUT2D eigenvalue weighted by Gasteiger charge is 2.29. The van der Waals surface area contributed by atoms with Crippen molar-refractivity contribution in [1.29, 1.82) is 0 Å². The van der Waals surface area contributed by atoms with Gasteiger partial charge in [-0.3, -0.25) is 0 Å². The molecule has 2 heteroatoms. The zero-order valence-corrected chi connectivity index (χ0v) is 21.4. The number of hydrogen-bond donors (Lipinski definition) is 0. The minimum atomic E-state index is 0.934. The van der Waals surface area contributed by atoms with Crippen molar-refractivity contribution < 1.29 is 0 Å². The predicted molar refractivity (Wildman–Crippen MR) is 160 cm³/mol. The van der Waals surface area contributed by atoms with Gasteiger partial charge in [-0.25, -0.2) is 4.99 Å². The standard InChI is InChI=1S/C37H24N2/c1-2-10-26(11-3-1)39-35-16-7-6-13-29(35)31-20-24(17-18-36(31)39)28-14-8-15-33-37(28)32-22-30-25(21-34(32)38-33)19-23-9-4-5-12-27(23)30/h1-4,6-21H,5,22H2. The van der Waals surface area contributed by atoms with Crippen LogP contribution in [0.4, 0.5) is 0 Å². The minimum Gasteiger partial charge on any atom is -0.309 e. The van der Waals surface area contributed by atoms with Gasteiger partial charge >= 0.3 is 0 Å². The van der Waals surface area contributed by atoms with Crippen molar-refractivity contribution in [1.82, 2.24) is 4.57 Å². The fourth-order valence-electron chi connectivity index (χ4n) is 6.88. The summed E-state index contributed by atoms with van der Waals surface area (Å²) in [7, 11) is 0. The number of fused-ring (bicyclic) bond motifs is 7. The smallest absolute Gasteiger partial charge is 0.0719 e. The van der Waals surface area contributed by atoms with E-state index in [-0.39, 0.29) is 0 Å². The zero-order chi connectivity index (χ0) is 25.5. The lowest BCUT2D eigenvalue weighted by atomic mass is 9.87. The van der Waals surface area contributed by atoms with Crippen molar-refractivity contribution in [2.45, 2.75) is 12.8 Å². The summed E-state index contributed by atoms with van der Waals surface area (Å²) in [6, 6.07) is 32.9. The summed E-state index contributed by atoms with van der Waals surface area (Å²) < 4.78 is 2.38. The Labute approximate surface area is 226 Å². The Morgan fingerprint density at radius 3 is 2.54 bits per heavy atom. The third-order valence-corrected chi connectivity index (χ3v) is 8.59. The van der Waals surface area contributed by atoms with E-state index in [9.17, 15) is 0 Å². The van der Waals surface area contributed by atoms with Gasteiger partial charge in [0.25, 0.3) is 0 Å². The van der Waals surface area contributed by atoms with Crippen LogP contribution in [0.25, 0.3) is 44.2 Å². The molecule has 0 fully saturated rings. The SMILES string of the molecule is C1=CC2=CC3=C(CC4=c5c(-c6ccc7c(c6)c6ccccc6n7-c6ccccc6)cccc5=NC4=C3)C2=CC1. The molecule has 39 heavy (non-hydrogen) atoms. The summed E-state index contributed by atoms with van der Waals surface area (Å²) in [4.78, 5) is 5.11. The Morgan fingerprint density at radius 2 is 1.59 bits per heavy atom. The van der Waals surface area contributed by atoms with E-state index in [0.29, 0.717) is 0 Å². The van der Waals surface area contributed by atoms with Crippen molar-refractivity contribution in [2.24, 2.45) is 4.99 Å². The fraction of sp³-hybridized carbons (Fsp3) is 0.0541. The topological polar surface area (TPSA) is 17.3 Å². The molecule has 4 aliphatic rings. The summed E-state index contributed by atoms with van der Waals surface area (Å²) in [5.74, 6) is 0. The van der Waals surface area contributed by atoms with Crippen LogP contribution >= 0.6 is 0 Å². The number of rotatable bonds is 2. The van der Waals surface area contributed by atoms with Gasteiger partial charge < -0.3 is 4.57 Å². The normalized spacial score (nSPS) is 16.9. The minimum absolute atomic E-state index is 0.934. The average molecular weight is 497 g/mol. The largest absolute Gasteiger partial charge is 0.309 e. The molecule has 0 spiro atoms. The molecule has 3 aliphatic carbocycles. The van der Waals surface area contributed by atoms with Crippen molar-refractivity contribution >= 4 is 27.4 Å². The molecule has 0 N–H and O–H groups in total. The van der Waals surface area contributed by atoms with Gasteiger partial charge in [-0.2, -0.15) is 0 Å². The van der Waals surface area contributed by atoms with E-state index in [1.165, 1.54) is 71.7 Å². The first-order chi connectivity index (χ1) is 19.3. The van der Waals surface area contributed by atoms with Gasteiger partial charge in [0.1, 0.15) is 0 Å². The second kappa shape index (κ2) is 7.78. The van der Waals surface area contributed by atoms with Crippen LogP contribution in [0.3, 0.4) is 0 Å². The second-order valence-corrected chi connectivity index (χ2v) is 10.7. The summed E-state index contributed by atoms with van der Waals surface area (Å²) in [5, 5.41) is 4.93. The van der Waals surface area contributed by atoms with Gasteiger partial charge in [0.05, 0.1) is 22.1 Å². The molecule has 182 valence electrons. The number of aromatic nitrogens is 1. The number of allylic oxidation sites excluding steroid dienone is 10. The quantitative estimate of drug-likeness (QED) is 0.239. The van der Waals surface area contributed by atoms with Crippen LogP contribution in [0.5, 0.6) is 0 Å². The van der Waals surface area contributed by atoms with Crippen LogP contribution in [-0.4, -0.2) is 4.57 Å². The number of para-hydroxylation sites is 2. The number of nitrogens with zero attached hydrogens (tertiary/aromatic N) is 2. The monoisotopic (exact) mass is 496 g/mol. The Kier molecular flexibility index (Phi) is 4.20. The van der Waals surface area contributed by atoms with E-state index in [4.69, 9.17) is 4.99 Å². The molecule has 0 unspecified atom stereocenters. The lowest BCUT2D eigenvalue weighted by Crippen LogP contribution is -2.25. The Morgan fingerprint density at radius 1 is 0.718 bits per heavy atom. The fourth-order valence-corrected chi connectivity index (χ4v) is 6.88. The van der Waals surface area contributed by atoms with Crippen molar-refractivity contribution in [3.05, 3.63) is 160 Å². The summed E-state index contributed by atoms with van der Waals surface area (Å²) in [6.07, 6.45) is 13.5. The lowest BCUT2D eigenvalue weighted by Gasteiger charge is -2.17. The van der Waals surface area contributed by atoms with Crippen LogP contribution in [0.15, 0.2) is 154 Å². The molecular weight excluding hydrogens is 472 g/mol. The molecule has 0 bridgehead atoms. The Bertz CT molecular complexity index is 2190. The van der Waals surface area contributed by atoms with Crippen LogP contribution in [0.1, 0.15) is 12.8 Å². The maximum absolute atomic E-state index is 5.11. The van der Waals surface area contributed by atoms with Crippen LogP contribution in [0.2, 0.25) is 0 Å². The molecule has 5 aromatic rings. The van der Waals surface area contributed by atoms with Gasteiger partial charge in [-0.05, 0) is 94.0 Å². The van der Waals surface area contributed by atoms with Gasteiger partial charge in [0.2, 0.25) is 0 Å². The number of benzene rings is 4. The molecule has 4 aromatic carbocycles. The van der Waals surface area contributed by atoms with Gasteiger partial charge in [0, 0.05) is 28.1 Å². The van der Waals surface area contributed by atoms with Crippen LogP contribution in [0, 0.1) is 0 Å². The molecule has 0 saturated carbocycles. The molecule has 9 rings (SSSR count). The van der Waals surface area contributed by atoms with E-state index in [0.717, 1.165) is 23.9 Å². The summed E-state index contributed by atoms with van der Waals surface area (Å²) in [5.41, 5.74) is 14.2. The molecule has 2 heterocycles. The maximum atomic E-state index is 5.11. The first-order valence-corrected chi connectivity index (χ1v) is 13.7. The average Bonchev–Trinajstić information content (AvgIpc) is 3.65. The van der Waals surface area contributed by atoms with Crippen LogP contribution in [-0.2, 0) is 0 Å². The van der Waals surface area contributed by atoms with E-state index in [1.54, 1.807) is 0 Å². The van der Waals surface area contributed by atoms with E-state index < -0.39 is 0 Å². The van der Waals surface area contributed by atoms with Crippen molar-refractivity contribution in [3.63, 3.8) is 0 Å². The van der Waals surface area contributed by atoms with E-state index in [1.807, 2.05) is 0 Å². The maximum Gasteiger partial charge on any atom is 0.0719 e. The highest BCUT2D eigenvalue weighted by atomic mass is 15.0. The molecular formula is C37H24N2. The third-order valence-electron chi connectivity index (χ3n) is 8.59. The summed E-state index contributed by atoms with van der Waals surface area (Å²) in [6.45, 7) is 0. The third kappa shape index (κ3) is 2.94. The van der Waals surface area contributed by atoms with Gasteiger partial charge in [-0.15, -0.1) is 0 Å². The van der Waals surface area contributed by atoms with E-state index >= 15 is 0 Å². The van der Waals surface area contributed by atoms with Crippen molar-refractivity contribution in [3.8, 4) is 16.8 Å². The second-order valence-electron chi connectivity index (χ2n) is 10.7. The molecule has 0 saturated heterocycles. The number of hydrogen-bond acceptors (Lipinski definition) is 1.